The summed E-state index contributed by atoms with van der Waals surface area (Å²) in [6.45, 7) is 3.91. The van der Waals surface area contributed by atoms with Gasteiger partial charge in [-0.3, -0.25) is 0 Å². The number of methoxy groups -OCH3 is 1. The number of nitrogens with one attached hydrogen (secondary N) is 1. The zero-order chi connectivity index (χ0) is 11.1. The Labute approximate surface area is 93.4 Å². The number of rotatable bonds is 2. The quantitative estimate of drug-likeness (QED) is 0.851. The lowest BCUT2D eigenvalue weighted by atomic mass is 10.1. The molecule has 0 aliphatic heterocycles. The molecule has 1 N–H and O–H groups in total. The lowest BCUT2D eigenvalue weighted by Crippen LogP contribution is -2.21. The Morgan fingerprint density at radius 2 is 2.13 bits per heavy atom. The van der Waals surface area contributed by atoms with E-state index in [4.69, 9.17) is 16.3 Å². The zero-order valence-corrected chi connectivity index (χ0v) is 9.72. The second-order valence-corrected chi connectivity index (χ2v) is 4.34. The fourth-order valence-electron chi connectivity index (χ4n) is 1.38. The van der Waals surface area contributed by atoms with Crippen molar-refractivity contribution in [3.05, 3.63) is 29.0 Å². The van der Waals surface area contributed by atoms with Gasteiger partial charge in [-0.05, 0) is 26.0 Å². The van der Waals surface area contributed by atoms with Crippen LogP contribution < -0.4 is 0 Å². The molecule has 0 saturated heterocycles. The molecule has 1 aromatic heterocycles. The molecule has 0 bridgehead atoms. The molecule has 15 heavy (non-hydrogen) atoms. The van der Waals surface area contributed by atoms with Crippen molar-refractivity contribution in [3.8, 4) is 0 Å². The van der Waals surface area contributed by atoms with E-state index in [1.54, 1.807) is 7.11 Å². The Kier molecular flexibility index (Phi) is 2.44. The highest BCUT2D eigenvalue weighted by Gasteiger charge is 2.23. The summed E-state index contributed by atoms with van der Waals surface area (Å²) in [4.78, 5) is 7.65. The van der Waals surface area contributed by atoms with E-state index in [0.29, 0.717) is 5.02 Å². The number of ether oxygens (including phenoxy) is 1. The number of hydrogen-bond acceptors (Lipinski definition) is 2. The van der Waals surface area contributed by atoms with Crippen LogP contribution in [0.3, 0.4) is 0 Å². The van der Waals surface area contributed by atoms with Gasteiger partial charge in [0.15, 0.2) is 0 Å². The van der Waals surface area contributed by atoms with Gasteiger partial charge in [-0.2, -0.15) is 0 Å². The monoisotopic (exact) mass is 224 g/mol. The topological polar surface area (TPSA) is 37.9 Å². The van der Waals surface area contributed by atoms with E-state index in [-0.39, 0.29) is 0 Å². The van der Waals surface area contributed by atoms with Crippen LogP contribution in [0.2, 0.25) is 5.02 Å². The van der Waals surface area contributed by atoms with E-state index in [1.165, 1.54) is 0 Å². The molecule has 0 unspecified atom stereocenters. The molecule has 1 heterocycles. The number of hydrogen-bond donors (Lipinski definition) is 1. The number of halogens is 1. The zero-order valence-electron chi connectivity index (χ0n) is 8.97. The summed E-state index contributed by atoms with van der Waals surface area (Å²) in [5.74, 6) is 0.785. The summed E-state index contributed by atoms with van der Waals surface area (Å²) >= 11 is 6.04. The number of nitrogens with zero attached hydrogens (tertiary/aromatic N) is 1. The Morgan fingerprint density at radius 3 is 2.73 bits per heavy atom. The maximum Gasteiger partial charge on any atom is 0.139 e. The number of benzene rings is 1. The van der Waals surface area contributed by atoms with Crippen molar-refractivity contribution in [1.82, 2.24) is 9.97 Å². The van der Waals surface area contributed by atoms with E-state index in [0.717, 1.165) is 16.9 Å². The maximum atomic E-state index is 6.04. The van der Waals surface area contributed by atoms with Crippen molar-refractivity contribution < 1.29 is 4.74 Å². The van der Waals surface area contributed by atoms with E-state index in [1.807, 2.05) is 32.0 Å². The SMILES string of the molecule is COC(C)(C)c1nc2c(Cl)cccc2[nH]1. The second kappa shape index (κ2) is 3.51. The number of H-pyrrole nitrogens is 1. The Bertz CT molecular complexity index is 490. The third-order valence-corrected chi connectivity index (χ3v) is 2.85. The van der Waals surface area contributed by atoms with Crippen LogP contribution in [0.15, 0.2) is 18.2 Å². The van der Waals surface area contributed by atoms with Crippen LogP contribution in [0, 0.1) is 0 Å². The van der Waals surface area contributed by atoms with Crippen LogP contribution >= 0.6 is 11.6 Å². The van der Waals surface area contributed by atoms with Crippen molar-refractivity contribution >= 4 is 22.6 Å². The van der Waals surface area contributed by atoms with Gasteiger partial charge >= 0.3 is 0 Å². The molecule has 2 aromatic rings. The number of aromatic nitrogens is 2. The molecule has 4 heteroatoms. The van der Waals surface area contributed by atoms with Crippen molar-refractivity contribution in [2.45, 2.75) is 19.4 Å². The highest BCUT2D eigenvalue weighted by Crippen LogP contribution is 2.27. The predicted molar refractivity (Wildman–Crippen MR) is 61.1 cm³/mol. The van der Waals surface area contributed by atoms with Gasteiger partial charge in [0.2, 0.25) is 0 Å². The molecule has 2 rings (SSSR count). The molecule has 0 fully saturated rings. The van der Waals surface area contributed by atoms with Crippen LogP contribution in [0.4, 0.5) is 0 Å². The highest BCUT2D eigenvalue weighted by molar-refractivity contribution is 6.34. The van der Waals surface area contributed by atoms with E-state index >= 15 is 0 Å². The van der Waals surface area contributed by atoms with Crippen molar-refractivity contribution in [2.24, 2.45) is 0 Å². The van der Waals surface area contributed by atoms with Gasteiger partial charge in [-0.15, -0.1) is 0 Å². The third kappa shape index (κ3) is 1.73. The van der Waals surface area contributed by atoms with Gasteiger partial charge in [0, 0.05) is 7.11 Å². The lowest BCUT2D eigenvalue weighted by Gasteiger charge is -2.19. The average molecular weight is 225 g/mol. The molecule has 0 aliphatic rings. The van der Waals surface area contributed by atoms with Crippen LogP contribution in [0.1, 0.15) is 19.7 Å². The lowest BCUT2D eigenvalue weighted by molar-refractivity contribution is 0.0124. The molecule has 80 valence electrons. The van der Waals surface area contributed by atoms with E-state index in [2.05, 4.69) is 9.97 Å². The van der Waals surface area contributed by atoms with Gasteiger partial charge in [0.05, 0.1) is 10.5 Å². The standard InChI is InChI=1S/C11H13ClN2O/c1-11(2,15-3)10-13-8-6-4-5-7(12)9(8)14-10/h4-6H,1-3H3,(H,13,14). The average Bonchev–Trinajstić information content (AvgIpc) is 2.64. The molecule has 1 aromatic carbocycles. The molecular weight excluding hydrogens is 212 g/mol. The second-order valence-electron chi connectivity index (χ2n) is 3.94. The summed E-state index contributed by atoms with van der Waals surface area (Å²) in [7, 11) is 1.66. The van der Waals surface area contributed by atoms with Crippen molar-refractivity contribution in [1.29, 1.82) is 0 Å². The third-order valence-electron chi connectivity index (χ3n) is 2.54. The Hall–Kier alpha value is -1.06. The van der Waals surface area contributed by atoms with Gasteiger partial charge < -0.3 is 9.72 Å². The minimum atomic E-state index is -0.428. The first-order valence-corrected chi connectivity index (χ1v) is 5.12. The Balaban J connectivity index is 2.62. The summed E-state index contributed by atoms with van der Waals surface area (Å²) < 4.78 is 5.36. The van der Waals surface area contributed by atoms with E-state index in [9.17, 15) is 0 Å². The number of para-hydroxylation sites is 1. The normalized spacial score (nSPS) is 12.3. The van der Waals surface area contributed by atoms with E-state index < -0.39 is 5.60 Å². The summed E-state index contributed by atoms with van der Waals surface area (Å²) in [5.41, 5.74) is 1.30. The van der Waals surface area contributed by atoms with Gasteiger partial charge in [-0.25, -0.2) is 4.98 Å². The largest absolute Gasteiger partial charge is 0.371 e. The molecular formula is C11H13ClN2O. The highest BCUT2D eigenvalue weighted by atomic mass is 35.5. The minimum Gasteiger partial charge on any atom is -0.371 e. The first kappa shape index (κ1) is 10.5. The molecule has 3 nitrogen and oxygen atoms in total. The number of fused-ring (bicyclic) bond motifs is 1. The van der Waals surface area contributed by atoms with Crippen LogP contribution in [0.5, 0.6) is 0 Å². The Morgan fingerprint density at radius 1 is 1.40 bits per heavy atom. The number of aromatic amines is 1. The van der Waals surface area contributed by atoms with Crippen LogP contribution in [-0.4, -0.2) is 17.1 Å². The smallest absolute Gasteiger partial charge is 0.139 e. The molecule has 0 aliphatic carbocycles. The van der Waals surface area contributed by atoms with Gasteiger partial charge in [0.25, 0.3) is 0 Å². The summed E-state index contributed by atoms with van der Waals surface area (Å²) in [6, 6.07) is 5.67. The first-order chi connectivity index (χ1) is 7.04. The molecule has 0 atom stereocenters. The molecule has 0 amide bonds. The summed E-state index contributed by atoms with van der Waals surface area (Å²) in [6.07, 6.45) is 0. The molecule has 0 radical (unpaired) electrons. The van der Waals surface area contributed by atoms with Gasteiger partial charge in [-0.1, -0.05) is 17.7 Å². The van der Waals surface area contributed by atoms with Crippen molar-refractivity contribution in [2.75, 3.05) is 7.11 Å². The number of imidazole rings is 1. The predicted octanol–water partition coefficient (Wildman–Crippen LogP) is 3.10. The van der Waals surface area contributed by atoms with Crippen molar-refractivity contribution in [3.63, 3.8) is 0 Å². The van der Waals surface area contributed by atoms with Crippen LogP contribution in [-0.2, 0) is 10.3 Å². The fraction of sp³-hybridized carbons (Fsp3) is 0.364. The fourth-order valence-corrected chi connectivity index (χ4v) is 1.60. The summed E-state index contributed by atoms with van der Waals surface area (Å²) in [5, 5.41) is 0.655. The minimum absolute atomic E-state index is 0.428. The first-order valence-electron chi connectivity index (χ1n) is 4.74. The molecule has 0 saturated carbocycles. The molecule has 0 spiro atoms. The maximum absolute atomic E-state index is 6.04. The van der Waals surface area contributed by atoms with Crippen LogP contribution in [0.25, 0.3) is 11.0 Å². The van der Waals surface area contributed by atoms with Gasteiger partial charge in [0.1, 0.15) is 16.9 Å².